The van der Waals surface area contributed by atoms with Gasteiger partial charge < -0.3 is 19.5 Å². The highest BCUT2D eigenvalue weighted by molar-refractivity contribution is 7.93. The maximum absolute atomic E-state index is 12.6. The van der Waals surface area contributed by atoms with Crippen molar-refractivity contribution in [3.8, 4) is 0 Å². The molecule has 1 fully saturated rings. The highest BCUT2D eigenvalue weighted by Crippen LogP contribution is 2.30. The molecule has 0 atom stereocenters. The van der Waals surface area contributed by atoms with Crippen molar-refractivity contribution < 1.29 is 23.1 Å². The Morgan fingerprint density at radius 3 is 2.62 bits per heavy atom. The Morgan fingerprint density at radius 1 is 1.21 bits per heavy atom. The van der Waals surface area contributed by atoms with Crippen molar-refractivity contribution in [1.29, 1.82) is 0 Å². The third-order valence-corrected chi connectivity index (χ3v) is 6.04. The van der Waals surface area contributed by atoms with Crippen molar-refractivity contribution in [2.75, 3.05) is 35.9 Å². The van der Waals surface area contributed by atoms with E-state index in [-0.39, 0.29) is 9.77 Å². The van der Waals surface area contributed by atoms with Crippen molar-refractivity contribution >= 4 is 38.7 Å². The molecule has 0 spiro atoms. The van der Waals surface area contributed by atoms with Crippen molar-refractivity contribution in [1.82, 2.24) is 0 Å². The average molecular weight is 367 g/mol. The predicted molar refractivity (Wildman–Crippen MR) is 88.9 cm³/mol. The molecule has 2 aromatic rings. The van der Waals surface area contributed by atoms with Gasteiger partial charge in [-0.1, -0.05) is 12.1 Å². The zero-order valence-electron chi connectivity index (χ0n) is 12.6. The minimum absolute atomic E-state index is 0.288. The minimum atomic E-state index is -4.03. The van der Waals surface area contributed by atoms with Crippen LogP contribution in [0.2, 0.25) is 0 Å². The van der Waals surface area contributed by atoms with Crippen molar-refractivity contribution in [3.05, 3.63) is 40.6 Å². The molecule has 1 aliphatic rings. The van der Waals surface area contributed by atoms with E-state index in [0.29, 0.717) is 32.0 Å². The average Bonchev–Trinajstić information content (AvgIpc) is 3.07. The Kier molecular flexibility index (Phi) is 4.74. The second-order valence-electron chi connectivity index (χ2n) is 5.12. The van der Waals surface area contributed by atoms with Crippen LogP contribution in [0.25, 0.3) is 0 Å². The second-order valence-corrected chi connectivity index (χ2v) is 7.69. The maximum atomic E-state index is 12.6. The zero-order chi connectivity index (χ0) is 17.2. The van der Waals surface area contributed by atoms with Crippen LogP contribution in [0.5, 0.6) is 0 Å². The number of hydrogen-bond donors (Lipinski definition) is 1. The SMILES string of the molecule is O=C([O-])c1sccc1S(=O)(=O)Nc1ccccc1N1CCOCC1. The van der Waals surface area contributed by atoms with Crippen molar-refractivity contribution in [3.63, 3.8) is 0 Å². The van der Waals surface area contributed by atoms with E-state index in [1.165, 1.54) is 11.4 Å². The summed E-state index contributed by atoms with van der Waals surface area (Å²) >= 11 is 0.819. The number of morpholine rings is 1. The monoisotopic (exact) mass is 367 g/mol. The molecule has 0 bridgehead atoms. The Balaban J connectivity index is 1.93. The van der Waals surface area contributed by atoms with Crippen molar-refractivity contribution in [2.45, 2.75) is 4.90 Å². The number of rotatable bonds is 5. The number of aromatic carboxylic acids is 1. The van der Waals surface area contributed by atoms with Crippen LogP contribution in [0.4, 0.5) is 11.4 Å². The van der Waals surface area contributed by atoms with E-state index in [0.717, 1.165) is 17.0 Å². The lowest BCUT2D eigenvalue weighted by Gasteiger charge is -2.30. The summed E-state index contributed by atoms with van der Waals surface area (Å²) in [6.45, 7) is 2.45. The minimum Gasteiger partial charge on any atom is -0.544 e. The maximum Gasteiger partial charge on any atom is 0.263 e. The van der Waals surface area contributed by atoms with Gasteiger partial charge in [0.05, 0.1) is 35.4 Å². The molecule has 3 rings (SSSR count). The van der Waals surface area contributed by atoms with Crippen LogP contribution in [0.3, 0.4) is 0 Å². The number of carboxylic acid groups (broad SMARTS) is 1. The van der Waals surface area contributed by atoms with E-state index in [1.807, 2.05) is 17.0 Å². The summed E-state index contributed by atoms with van der Waals surface area (Å²) in [5, 5.41) is 12.5. The molecule has 0 unspecified atom stereocenters. The number of thiophene rings is 1. The number of para-hydroxylation sites is 2. The topological polar surface area (TPSA) is 98.8 Å². The summed E-state index contributed by atoms with van der Waals surface area (Å²) in [4.78, 5) is 12.5. The van der Waals surface area contributed by atoms with Gasteiger partial charge in [-0.15, -0.1) is 11.3 Å². The molecule has 1 aliphatic heterocycles. The van der Waals surface area contributed by atoms with Crippen LogP contribution in [0.15, 0.2) is 40.6 Å². The third kappa shape index (κ3) is 3.37. The van der Waals surface area contributed by atoms with Gasteiger partial charge in [0.25, 0.3) is 10.0 Å². The highest BCUT2D eigenvalue weighted by Gasteiger charge is 2.23. The van der Waals surface area contributed by atoms with Gasteiger partial charge in [-0.05, 0) is 23.6 Å². The molecule has 128 valence electrons. The number of anilines is 2. The lowest BCUT2D eigenvalue weighted by Crippen LogP contribution is -2.36. The van der Waals surface area contributed by atoms with Gasteiger partial charge in [-0.2, -0.15) is 0 Å². The zero-order valence-corrected chi connectivity index (χ0v) is 14.2. The number of ether oxygens (including phenoxy) is 1. The smallest absolute Gasteiger partial charge is 0.263 e. The number of hydrogen-bond acceptors (Lipinski definition) is 7. The van der Waals surface area contributed by atoms with Gasteiger partial charge in [-0.25, -0.2) is 8.42 Å². The van der Waals surface area contributed by atoms with Gasteiger partial charge in [0.1, 0.15) is 4.90 Å². The summed E-state index contributed by atoms with van der Waals surface area (Å²) < 4.78 is 33.0. The molecule has 1 aromatic heterocycles. The molecule has 0 saturated carbocycles. The molecule has 1 N–H and O–H groups in total. The summed E-state index contributed by atoms with van der Waals surface area (Å²) in [5.74, 6) is -1.51. The molecule has 0 amide bonds. The van der Waals surface area contributed by atoms with Crippen LogP contribution < -0.4 is 14.7 Å². The standard InChI is InChI=1S/C15H16N2O5S2/c18-15(19)14-13(5-10-23-14)24(20,21)16-11-3-1-2-4-12(11)17-6-8-22-9-7-17/h1-5,10,16H,6-9H2,(H,18,19)/p-1. The van der Waals surface area contributed by atoms with Crippen LogP contribution in [-0.2, 0) is 14.8 Å². The number of nitrogens with zero attached hydrogens (tertiary/aromatic N) is 1. The van der Waals surface area contributed by atoms with E-state index in [1.54, 1.807) is 12.1 Å². The molecule has 2 heterocycles. The second kappa shape index (κ2) is 6.80. The van der Waals surface area contributed by atoms with E-state index in [4.69, 9.17) is 4.74 Å². The third-order valence-electron chi connectivity index (χ3n) is 3.60. The normalized spacial score (nSPS) is 15.2. The lowest BCUT2D eigenvalue weighted by molar-refractivity contribution is -0.254. The molecule has 1 saturated heterocycles. The van der Waals surface area contributed by atoms with E-state index in [2.05, 4.69) is 4.72 Å². The predicted octanol–water partition coefficient (Wildman–Crippen LogP) is 0.749. The first-order valence-corrected chi connectivity index (χ1v) is 9.59. The lowest BCUT2D eigenvalue weighted by atomic mass is 10.2. The van der Waals surface area contributed by atoms with Gasteiger partial charge in [0.2, 0.25) is 0 Å². The van der Waals surface area contributed by atoms with Gasteiger partial charge >= 0.3 is 0 Å². The molecule has 0 aliphatic carbocycles. The number of nitrogens with one attached hydrogen (secondary N) is 1. The first-order valence-electron chi connectivity index (χ1n) is 7.22. The Labute approximate surface area is 143 Å². The van der Waals surface area contributed by atoms with Gasteiger partial charge in [0, 0.05) is 13.1 Å². The molecular weight excluding hydrogens is 352 g/mol. The van der Waals surface area contributed by atoms with Crippen LogP contribution in [0, 0.1) is 0 Å². The summed E-state index contributed by atoms with van der Waals surface area (Å²) in [6.07, 6.45) is 0. The largest absolute Gasteiger partial charge is 0.544 e. The molecule has 7 nitrogen and oxygen atoms in total. The van der Waals surface area contributed by atoms with Crippen LogP contribution in [0.1, 0.15) is 9.67 Å². The number of carboxylic acids is 1. The molecular formula is C15H15N2O5S2-. The summed E-state index contributed by atoms with van der Waals surface area (Å²) in [6, 6.07) is 8.26. The summed E-state index contributed by atoms with van der Waals surface area (Å²) in [5.41, 5.74) is 1.13. The van der Waals surface area contributed by atoms with E-state index in [9.17, 15) is 18.3 Å². The fourth-order valence-corrected chi connectivity index (χ4v) is 4.82. The van der Waals surface area contributed by atoms with Crippen molar-refractivity contribution in [2.24, 2.45) is 0 Å². The Bertz CT molecular complexity index is 841. The van der Waals surface area contributed by atoms with Gasteiger partial charge in [-0.3, -0.25) is 4.72 Å². The first-order chi connectivity index (χ1) is 11.5. The first kappa shape index (κ1) is 16.7. The molecule has 9 heteroatoms. The molecule has 1 aromatic carbocycles. The fourth-order valence-electron chi connectivity index (χ4n) is 2.50. The Morgan fingerprint density at radius 2 is 1.92 bits per heavy atom. The fraction of sp³-hybridized carbons (Fsp3) is 0.267. The summed E-state index contributed by atoms with van der Waals surface area (Å²) in [7, 11) is -4.03. The number of carbonyl (C=O) groups is 1. The Hall–Kier alpha value is -2.10. The molecule has 24 heavy (non-hydrogen) atoms. The number of carbonyl (C=O) groups excluding carboxylic acids is 1. The van der Waals surface area contributed by atoms with E-state index >= 15 is 0 Å². The molecule has 0 radical (unpaired) electrons. The van der Waals surface area contributed by atoms with Crippen LogP contribution >= 0.6 is 11.3 Å². The highest BCUT2D eigenvalue weighted by atomic mass is 32.2. The quantitative estimate of drug-likeness (QED) is 0.837. The van der Waals surface area contributed by atoms with Gasteiger partial charge in [0.15, 0.2) is 0 Å². The number of benzene rings is 1. The van der Waals surface area contributed by atoms with E-state index < -0.39 is 16.0 Å². The van der Waals surface area contributed by atoms with Crippen LogP contribution in [-0.4, -0.2) is 40.7 Å². The number of sulfonamides is 1.